The molecule has 1 atom stereocenters. The van der Waals surface area contributed by atoms with E-state index < -0.39 is 30.1 Å². The van der Waals surface area contributed by atoms with Crippen molar-refractivity contribution >= 4 is 39.8 Å². The molecule has 4 N–H and O–H groups in total. The Morgan fingerprint density at radius 3 is 2.78 bits per heavy atom. The minimum atomic E-state index is -1.21. The average molecular weight is 436 g/mol. The minimum absolute atomic E-state index is 0.192. The van der Waals surface area contributed by atoms with Gasteiger partial charge in [-0.1, -0.05) is 12.1 Å². The molecule has 0 spiro atoms. The molecule has 0 aliphatic heterocycles. The number of aliphatic hydroxyl groups excluding tert-OH is 1. The number of para-hydroxylation sites is 2. The van der Waals surface area contributed by atoms with Gasteiger partial charge in [0.2, 0.25) is 11.9 Å². The van der Waals surface area contributed by atoms with Gasteiger partial charge < -0.3 is 24.6 Å². The lowest BCUT2D eigenvalue weighted by Gasteiger charge is -2.15. The van der Waals surface area contributed by atoms with E-state index in [9.17, 15) is 19.5 Å². The second-order valence-electron chi connectivity index (χ2n) is 7.02. The minimum Gasteiger partial charge on any atom is -0.497 e. The first-order valence-corrected chi connectivity index (χ1v) is 9.73. The van der Waals surface area contributed by atoms with Crippen molar-refractivity contribution in [2.45, 2.75) is 12.5 Å². The number of benzene rings is 2. The van der Waals surface area contributed by atoms with Crippen LogP contribution in [0.2, 0.25) is 0 Å². The number of aromatic nitrogens is 2. The molecule has 0 radical (unpaired) electrons. The highest BCUT2D eigenvalue weighted by Crippen LogP contribution is 2.23. The molecule has 10 heteroatoms. The Balaban J connectivity index is 1.47. The number of nitrogens with one attached hydrogen (secondary N) is 3. The highest BCUT2D eigenvalue weighted by Gasteiger charge is 2.22. The number of methoxy groups -OCH3 is 1. The quantitative estimate of drug-likeness (QED) is 0.320. The van der Waals surface area contributed by atoms with Gasteiger partial charge in [-0.15, -0.1) is 0 Å². The molecule has 4 aromatic rings. The third kappa shape index (κ3) is 4.44. The fourth-order valence-electron chi connectivity index (χ4n) is 3.31. The number of nitrogens with zero attached hydrogens (tertiary/aromatic N) is 1. The van der Waals surface area contributed by atoms with Gasteiger partial charge in [-0.2, -0.15) is 0 Å². The van der Waals surface area contributed by atoms with Crippen LogP contribution in [-0.4, -0.2) is 46.6 Å². The number of carbonyl (C=O) groups is 2. The summed E-state index contributed by atoms with van der Waals surface area (Å²) in [5.41, 5.74) is 1.49. The van der Waals surface area contributed by atoms with Crippen LogP contribution in [0.4, 0.5) is 5.95 Å². The molecule has 0 fully saturated rings. The van der Waals surface area contributed by atoms with Crippen molar-refractivity contribution in [1.29, 1.82) is 0 Å². The fraction of sp³-hybridized carbons (Fsp3) is 0.182. The number of H-pyrrole nitrogens is 1. The summed E-state index contributed by atoms with van der Waals surface area (Å²) in [6.45, 7) is -0.618. The normalized spacial score (nSPS) is 11.9. The summed E-state index contributed by atoms with van der Waals surface area (Å²) in [6.07, 6.45) is -0.192. The Morgan fingerprint density at radius 1 is 1.22 bits per heavy atom. The third-order valence-electron chi connectivity index (χ3n) is 4.85. The van der Waals surface area contributed by atoms with Crippen molar-refractivity contribution in [3.05, 3.63) is 64.5 Å². The maximum Gasteiger partial charge on any atom is 0.336 e. The van der Waals surface area contributed by atoms with Crippen LogP contribution in [0.15, 0.2) is 57.7 Å². The van der Waals surface area contributed by atoms with Gasteiger partial charge in [0.25, 0.3) is 5.91 Å². The van der Waals surface area contributed by atoms with Crippen LogP contribution in [0.3, 0.4) is 0 Å². The number of aromatic amines is 1. The molecular weight excluding hydrogens is 416 g/mol. The molecule has 164 valence electrons. The molecule has 4 rings (SSSR count). The summed E-state index contributed by atoms with van der Waals surface area (Å²) < 4.78 is 10.3. The van der Waals surface area contributed by atoms with E-state index in [0.29, 0.717) is 22.2 Å². The smallest absolute Gasteiger partial charge is 0.336 e. The van der Waals surface area contributed by atoms with Gasteiger partial charge in [0, 0.05) is 17.5 Å². The zero-order valence-corrected chi connectivity index (χ0v) is 17.0. The molecule has 0 bridgehead atoms. The maximum atomic E-state index is 12.6. The molecule has 2 aromatic heterocycles. The average Bonchev–Trinajstić information content (AvgIpc) is 3.19. The number of carbonyl (C=O) groups excluding carboxylic acids is 2. The summed E-state index contributed by atoms with van der Waals surface area (Å²) in [5, 5.41) is 15.2. The van der Waals surface area contributed by atoms with Crippen molar-refractivity contribution in [3.8, 4) is 5.75 Å². The van der Waals surface area contributed by atoms with E-state index in [4.69, 9.17) is 9.15 Å². The third-order valence-corrected chi connectivity index (χ3v) is 4.85. The Morgan fingerprint density at radius 2 is 2.03 bits per heavy atom. The van der Waals surface area contributed by atoms with E-state index in [1.165, 1.54) is 13.2 Å². The first kappa shape index (κ1) is 21.1. The molecule has 2 heterocycles. The van der Waals surface area contributed by atoms with E-state index in [-0.39, 0.29) is 18.0 Å². The summed E-state index contributed by atoms with van der Waals surface area (Å²) in [7, 11) is 1.49. The van der Waals surface area contributed by atoms with Crippen molar-refractivity contribution in [2.24, 2.45) is 0 Å². The van der Waals surface area contributed by atoms with Gasteiger partial charge in [0.05, 0.1) is 31.2 Å². The van der Waals surface area contributed by atoms with Crippen LogP contribution in [0.5, 0.6) is 5.75 Å². The fourth-order valence-corrected chi connectivity index (χ4v) is 3.31. The lowest BCUT2D eigenvalue weighted by Crippen LogP contribution is -2.46. The zero-order chi connectivity index (χ0) is 22.7. The van der Waals surface area contributed by atoms with Crippen LogP contribution in [0, 0.1) is 0 Å². The van der Waals surface area contributed by atoms with Crippen molar-refractivity contribution in [3.63, 3.8) is 0 Å². The van der Waals surface area contributed by atoms with Crippen LogP contribution < -0.4 is 21.0 Å². The Hall–Kier alpha value is -4.18. The Bertz CT molecular complexity index is 1330. The maximum absolute atomic E-state index is 12.6. The second-order valence-corrected chi connectivity index (χ2v) is 7.02. The standard InChI is InChI=1S/C22H20N4O6/c1-31-13-6-7-14-12(9-20(29)32-18(14)10-13)8-19(28)23-17(11-27)21(30)26-22-24-15-4-2-3-5-16(15)25-22/h2-7,9-10,17,27H,8,11H2,1H3,(H,23,28)(H2,24,25,26,30). The highest BCUT2D eigenvalue weighted by atomic mass is 16.5. The van der Waals surface area contributed by atoms with Gasteiger partial charge in [0.15, 0.2) is 0 Å². The molecular formula is C22H20N4O6. The largest absolute Gasteiger partial charge is 0.497 e. The van der Waals surface area contributed by atoms with Gasteiger partial charge in [-0.25, -0.2) is 9.78 Å². The van der Waals surface area contributed by atoms with Gasteiger partial charge >= 0.3 is 5.63 Å². The molecule has 0 aliphatic carbocycles. The monoisotopic (exact) mass is 436 g/mol. The molecule has 2 aromatic carbocycles. The number of imidazole rings is 1. The number of anilines is 1. The van der Waals surface area contributed by atoms with E-state index in [1.807, 2.05) is 12.1 Å². The van der Waals surface area contributed by atoms with Gasteiger partial charge in [-0.05, 0) is 29.8 Å². The van der Waals surface area contributed by atoms with Crippen molar-refractivity contribution in [1.82, 2.24) is 15.3 Å². The Labute approximate surface area is 181 Å². The molecule has 0 saturated carbocycles. The van der Waals surface area contributed by atoms with E-state index >= 15 is 0 Å². The predicted octanol–water partition coefficient (Wildman–Crippen LogP) is 1.34. The van der Waals surface area contributed by atoms with E-state index in [2.05, 4.69) is 20.6 Å². The van der Waals surface area contributed by atoms with Crippen molar-refractivity contribution in [2.75, 3.05) is 19.0 Å². The topological polar surface area (TPSA) is 147 Å². The van der Waals surface area contributed by atoms with Crippen molar-refractivity contribution < 1.29 is 23.8 Å². The Kier molecular flexibility index (Phi) is 5.86. The number of aliphatic hydroxyl groups is 1. The number of hydrogen-bond acceptors (Lipinski definition) is 7. The number of hydrogen-bond donors (Lipinski definition) is 4. The van der Waals surface area contributed by atoms with Gasteiger partial charge in [-0.3, -0.25) is 14.9 Å². The molecule has 2 amide bonds. The molecule has 0 saturated heterocycles. The molecule has 10 nitrogen and oxygen atoms in total. The number of fused-ring (bicyclic) bond motifs is 2. The second kappa shape index (κ2) is 8.90. The van der Waals surface area contributed by atoms with E-state index in [1.54, 1.807) is 30.3 Å². The molecule has 32 heavy (non-hydrogen) atoms. The summed E-state index contributed by atoms with van der Waals surface area (Å²) in [5.74, 6) is -0.483. The van der Waals surface area contributed by atoms with E-state index in [0.717, 1.165) is 5.52 Å². The number of ether oxygens (including phenoxy) is 1. The highest BCUT2D eigenvalue weighted by molar-refractivity contribution is 5.98. The van der Waals surface area contributed by atoms with Crippen LogP contribution >= 0.6 is 0 Å². The summed E-state index contributed by atoms with van der Waals surface area (Å²) >= 11 is 0. The number of amides is 2. The van der Waals surface area contributed by atoms with Crippen LogP contribution in [-0.2, 0) is 16.0 Å². The molecule has 1 unspecified atom stereocenters. The molecule has 0 aliphatic rings. The number of rotatable bonds is 7. The summed E-state index contributed by atoms with van der Waals surface area (Å²) in [6, 6.07) is 12.2. The van der Waals surface area contributed by atoms with Crippen LogP contribution in [0.25, 0.3) is 22.0 Å². The predicted molar refractivity (Wildman–Crippen MR) is 116 cm³/mol. The summed E-state index contributed by atoms with van der Waals surface area (Å²) in [4.78, 5) is 44.2. The lowest BCUT2D eigenvalue weighted by molar-refractivity contribution is -0.126. The SMILES string of the molecule is COc1ccc2c(CC(=O)NC(CO)C(=O)Nc3nc4ccccc4[nH]3)cc(=O)oc2c1. The lowest BCUT2D eigenvalue weighted by atomic mass is 10.1. The first-order valence-electron chi connectivity index (χ1n) is 9.73. The first-order chi connectivity index (χ1) is 15.5. The van der Waals surface area contributed by atoms with Crippen LogP contribution in [0.1, 0.15) is 5.56 Å². The zero-order valence-electron chi connectivity index (χ0n) is 17.0. The van der Waals surface area contributed by atoms with Gasteiger partial charge in [0.1, 0.15) is 17.4 Å².